The molecular formula is C44H81B2O24P3-2. The van der Waals surface area contributed by atoms with Crippen molar-refractivity contribution in [1.29, 1.82) is 0 Å². The number of ether oxygens (including phenoxy) is 11. The number of methoxy groups -OCH3 is 4. The van der Waals surface area contributed by atoms with Gasteiger partial charge in [0.15, 0.2) is 0 Å². The van der Waals surface area contributed by atoms with Gasteiger partial charge in [-0.2, -0.15) is 0 Å². The molecule has 4 radical (unpaired) electrons. The Hall–Kier alpha value is -0.0201. The third kappa shape index (κ3) is 20.2. The number of aliphatic hydroxyl groups is 2. The monoisotopic (exact) mass is 1110 g/mol. The molecular weight excluding hydrogens is 1030 g/mol. The number of hydrogen-bond donors (Lipinski definition) is 2. The molecule has 29 heteroatoms. The first-order valence-corrected chi connectivity index (χ1v) is 29.6. The van der Waals surface area contributed by atoms with Crippen molar-refractivity contribution in [2.24, 2.45) is 11.8 Å². The standard InChI is InChI=1S/C16H31O8P.C15H29O9P.C13H23B2O7P/c1-9-11(3)23-14(15(9)20-6)8-21-25(17,18)24-16-10(2)12(4)22-13(16)7-19-5;1-9-13(17)14(12(22-9)8-21-15(2,3)4)24-25(18,19)23-10-5-6-20-11(10)7-16;1-17-8-4-12(14)21-10(8)6-19-23(3,16)20-7-11-9(18-2)5-13(15)22-11/h9-16H,7-8H2,1-6H3,(H,17,18);9-14,16-17H,5-8H2,1-4H3,(H,18,19);8-13H,4-7H2,1-3H3/p-2/t9-,10-,11+,12+,13-,14-,15?,16?;9-,10+,11+,12+,13+,14?;8?,9?,10-,11?,12-,13?,23?/m101/s1. The molecule has 24 nitrogen and oxygen atoms in total. The van der Waals surface area contributed by atoms with E-state index >= 15 is 0 Å². The average Bonchev–Trinajstić information content (AvgIpc) is 4.16. The number of rotatable bonds is 23. The van der Waals surface area contributed by atoms with Crippen LogP contribution in [0.15, 0.2) is 0 Å². The van der Waals surface area contributed by atoms with Crippen LogP contribution in [0.4, 0.5) is 0 Å². The minimum absolute atomic E-state index is 0.0271. The predicted octanol–water partition coefficient (Wildman–Crippen LogP) is 1.77. The lowest BCUT2D eigenvalue weighted by Crippen LogP contribution is -2.39. The highest BCUT2D eigenvalue weighted by Crippen LogP contribution is 2.48. The van der Waals surface area contributed by atoms with Crippen molar-refractivity contribution in [2.75, 3.05) is 81.4 Å². The predicted molar refractivity (Wildman–Crippen MR) is 258 cm³/mol. The Morgan fingerprint density at radius 1 is 0.589 bits per heavy atom. The second-order valence-corrected chi connectivity index (χ2v) is 24.8. The smallest absolute Gasteiger partial charge is 0.327 e. The van der Waals surface area contributed by atoms with Crippen LogP contribution >= 0.6 is 23.2 Å². The summed E-state index contributed by atoms with van der Waals surface area (Å²) < 4.78 is 128. The highest BCUT2D eigenvalue weighted by Gasteiger charge is 2.47. The van der Waals surface area contributed by atoms with Crippen LogP contribution in [0.1, 0.15) is 74.7 Å². The Kier molecular flexibility index (Phi) is 26.4. The van der Waals surface area contributed by atoms with Gasteiger partial charge in [0, 0.05) is 72.0 Å². The Morgan fingerprint density at radius 3 is 1.56 bits per heavy atom. The first kappa shape index (κ1) is 65.5. The number of phosphoric acid groups is 2. The lowest BCUT2D eigenvalue weighted by Gasteiger charge is -2.33. The van der Waals surface area contributed by atoms with Gasteiger partial charge in [-0.15, -0.1) is 0 Å². The molecule has 2 N–H and O–H groups in total. The molecule has 0 saturated carbocycles. The molecule has 0 aromatic carbocycles. The Morgan fingerprint density at radius 2 is 1.07 bits per heavy atom. The normalized spacial score (nSPS) is 41.1. The summed E-state index contributed by atoms with van der Waals surface area (Å²) >= 11 is 0. The van der Waals surface area contributed by atoms with Crippen molar-refractivity contribution in [1.82, 2.24) is 0 Å². The van der Waals surface area contributed by atoms with Gasteiger partial charge in [0.25, 0.3) is 15.6 Å². The lowest BCUT2D eigenvalue weighted by atomic mass is 9.96. The first-order valence-electron chi connectivity index (χ1n) is 24.7. The van der Waals surface area contributed by atoms with Crippen LogP contribution in [0.2, 0.25) is 0 Å². The van der Waals surface area contributed by atoms with Crippen LogP contribution in [-0.4, -0.2) is 223 Å². The van der Waals surface area contributed by atoms with Crippen molar-refractivity contribution in [3.8, 4) is 0 Å². The van der Waals surface area contributed by atoms with Gasteiger partial charge in [0.1, 0.15) is 64.5 Å². The molecule has 0 aromatic heterocycles. The highest BCUT2D eigenvalue weighted by atomic mass is 31.2. The van der Waals surface area contributed by atoms with Crippen molar-refractivity contribution in [2.45, 2.75) is 190 Å². The van der Waals surface area contributed by atoms with E-state index in [0.717, 1.165) is 0 Å². The molecule has 0 aliphatic carbocycles. The van der Waals surface area contributed by atoms with Crippen LogP contribution in [0.25, 0.3) is 0 Å². The van der Waals surface area contributed by atoms with Crippen molar-refractivity contribution < 1.29 is 113 Å². The van der Waals surface area contributed by atoms with Crippen LogP contribution in [0.3, 0.4) is 0 Å². The summed E-state index contributed by atoms with van der Waals surface area (Å²) in [6, 6.07) is -0.803. The van der Waals surface area contributed by atoms with E-state index in [-0.39, 0.29) is 94.2 Å². The van der Waals surface area contributed by atoms with E-state index in [1.54, 1.807) is 28.3 Å². The zero-order valence-corrected chi connectivity index (χ0v) is 47.2. The minimum atomic E-state index is -4.74. The SMILES string of the molecule is COC[C@H]1O[C@@H](C)[C@@H](C)C1OP(=O)([O-])OC[C@H]1O[C@@H](C)[C@@H](C)C1OC.C[C@@H]1O[C@H](COC(C)(C)C)C(OP(=O)([O-])O[C@@H]2CCO[C@@H]2CO)[C@@H]1O.[B]C1CC(OC)C(COP(C)(=O)OC[C@H]2O[C@@H]([B])CC2OC)O1. The van der Waals surface area contributed by atoms with Gasteiger partial charge in [-0.25, -0.2) is 0 Å². The molecule has 0 amide bonds. The Balaban J connectivity index is 0.000000238. The maximum Gasteiger partial charge on any atom is 0.327 e. The van der Waals surface area contributed by atoms with E-state index in [0.29, 0.717) is 25.9 Å². The summed E-state index contributed by atoms with van der Waals surface area (Å²) in [4.78, 5) is 24.5. The zero-order chi connectivity index (χ0) is 54.6. The van der Waals surface area contributed by atoms with Crippen molar-refractivity contribution >= 4 is 38.9 Å². The Labute approximate surface area is 433 Å². The van der Waals surface area contributed by atoms with Crippen molar-refractivity contribution in [3.05, 3.63) is 0 Å². The zero-order valence-electron chi connectivity index (χ0n) is 44.5. The van der Waals surface area contributed by atoms with E-state index < -0.39 is 95.8 Å². The summed E-state index contributed by atoms with van der Waals surface area (Å²) in [6.07, 6.45) is -6.66. The van der Waals surface area contributed by atoms with E-state index in [9.17, 15) is 28.6 Å². The summed E-state index contributed by atoms with van der Waals surface area (Å²) in [5.41, 5.74) is -0.447. The second-order valence-electron chi connectivity index (χ2n) is 20.1. The maximum atomic E-state index is 12.4. The van der Waals surface area contributed by atoms with Crippen LogP contribution in [0, 0.1) is 11.8 Å². The summed E-state index contributed by atoms with van der Waals surface area (Å²) in [5, 5.41) is 19.4. The molecule has 0 aromatic rings. The van der Waals surface area contributed by atoms with E-state index in [1.165, 1.54) is 13.8 Å². The van der Waals surface area contributed by atoms with E-state index in [1.807, 2.05) is 48.5 Å². The number of hydrogen-bond acceptors (Lipinski definition) is 24. The quantitative estimate of drug-likeness (QED) is 0.109. The van der Waals surface area contributed by atoms with Gasteiger partial charge in [-0.1, -0.05) is 13.8 Å². The molecule has 23 atom stereocenters. The summed E-state index contributed by atoms with van der Waals surface area (Å²) in [7, 11) is 5.17. The topological polar surface area (TPSA) is 295 Å². The molecule has 73 heavy (non-hydrogen) atoms. The lowest BCUT2D eigenvalue weighted by molar-refractivity contribution is -0.240. The maximum absolute atomic E-state index is 12.4. The fourth-order valence-corrected chi connectivity index (χ4v) is 12.1. The van der Waals surface area contributed by atoms with Gasteiger partial charge >= 0.3 is 7.60 Å². The van der Waals surface area contributed by atoms with E-state index in [2.05, 4.69) is 0 Å². The minimum Gasteiger partial charge on any atom is -0.756 e. The molecule has 0 bridgehead atoms. The molecule has 6 saturated heterocycles. The van der Waals surface area contributed by atoms with Crippen LogP contribution < -0.4 is 9.79 Å². The molecule has 6 aliphatic rings. The average molecular weight is 1110 g/mol. The van der Waals surface area contributed by atoms with Gasteiger partial charge < -0.3 is 99.2 Å². The van der Waals surface area contributed by atoms with Crippen LogP contribution in [-0.2, 0) is 92.9 Å². The third-order valence-electron chi connectivity index (χ3n) is 13.4. The molecule has 6 rings (SSSR count). The molecule has 10 unspecified atom stereocenters. The van der Waals surface area contributed by atoms with E-state index in [4.69, 9.17) is 100 Å². The van der Waals surface area contributed by atoms with Gasteiger partial charge in [-0.3, -0.25) is 13.7 Å². The second kappa shape index (κ2) is 29.4. The summed E-state index contributed by atoms with van der Waals surface area (Å²) in [6.45, 7) is 16.6. The molecule has 6 heterocycles. The fraction of sp³-hybridized carbons (Fsp3) is 1.00. The van der Waals surface area contributed by atoms with Gasteiger partial charge in [-0.05, 0) is 54.4 Å². The largest absolute Gasteiger partial charge is 0.756 e. The number of aliphatic hydroxyl groups excluding tert-OH is 2. The third-order valence-corrected chi connectivity index (χ3v) is 16.6. The van der Waals surface area contributed by atoms with Gasteiger partial charge in [0.2, 0.25) is 0 Å². The molecule has 0 spiro atoms. The summed E-state index contributed by atoms with van der Waals surface area (Å²) in [5.74, 6) is 0.0567. The van der Waals surface area contributed by atoms with Crippen molar-refractivity contribution in [3.63, 3.8) is 0 Å². The number of phosphoric ester groups is 2. The van der Waals surface area contributed by atoms with Gasteiger partial charge in [0.05, 0.1) is 94.1 Å². The van der Waals surface area contributed by atoms with Crippen LogP contribution in [0.5, 0.6) is 0 Å². The molecule has 6 aliphatic heterocycles. The first-order chi connectivity index (χ1) is 34.1. The molecule has 424 valence electrons. The fourth-order valence-electron chi connectivity index (χ4n) is 8.99. The molecule has 6 fully saturated rings. The Bertz CT molecular complexity index is 1740. The highest BCUT2D eigenvalue weighted by molar-refractivity contribution is 7.53.